The molecule has 1 amide bonds. The van der Waals surface area contributed by atoms with E-state index in [1.54, 1.807) is 7.11 Å². The van der Waals surface area contributed by atoms with Gasteiger partial charge in [0.05, 0.1) is 13.2 Å². The molecule has 4 aliphatic carbocycles. The van der Waals surface area contributed by atoms with Gasteiger partial charge in [-0.25, -0.2) is 0 Å². The van der Waals surface area contributed by atoms with Crippen LogP contribution in [-0.4, -0.2) is 36.5 Å². The molecule has 142 valence electrons. The smallest absolute Gasteiger partial charge is 0.237 e. The summed E-state index contributed by atoms with van der Waals surface area (Å²) >= 11 is 0. The van der Waals surface area contributed by atoms with E-state index in [1.807, 2.05) is 32.2 Å². The summed E-state index contributed by atoms with van der Waals surface area (Å²) in [5, 5.41) is 3.51. The number of methoxy groups -OCH3 is 1. The second-order valence-electron chi connectivity index (χ2n) is 9.09. The summed E-state index contributed by atoms with van der Waals surface area (Å²) in [6, 6.07) is 7.90. The zero-order chi connectivity index (χ0) is 18.3. The zero-order valence-electron chi connectivity index (χ0n) is 16.3. The first kappa shape index (κ1) is 17.8. The molecule has 26 heavy (non-hydrogen) atoms. The number of nitrogens with zero attached hydrogens (tertiary/aromatic N) is 1. The van der Waals surface area contributed by atoms with Crippen molar-refractivity contribution in [3.63, 3.8) is 0 Å². The second-order valence-corrected chi connectivity index (χ2v) is 9.09. The average molecular weight is 357 g/mol. The van der Waals surface area contributed by atoms with Crippen molar-refractivity contribution in [2.24, 2.45) is 17.8 Å². The van der Waals surface area contributed by atoms with Gasteiger partial charge >= 0.3 is 0 Å². The van der Waals surface area contributed by atoms with Crippen molar-refractivity contribution < 1.29 is 9.53 Å². The third kappa shape index (κ3) is 3.36. The number of benzene rings is 1. The van der Waals surface area contributed by atoms with Gasteiger partial charge in [-0.1, -0.05) is 18.2 Å². The normalized spacial score (nSPS) is 33.3. The highest BCUT2D eigenvalue weighted by Gasteiger charge is 2.51. The van der Waals surface area contributed by atoms with E-state index in [1.165, 1.54) is 38.5 Å². The van der Waals surface area contributed by atoms with Crippen LogP contribution in [0.3, 0.4) is 0 Å². The summed E-state index contributed by atoms with van der Waals surface area (Å²) < 4.78 is 5.45. The molecule has 0 radical (unpaired) electrons. The molecule has 4 aliphatic rings. The maximum atomic E-state index is 13.0. The van der Waals surface area contributed by atoms with Crippen molar-refractivity contribution >= 4 is 5.91 Å². The molecule has 0 aromatic heterocycles. The number of amides is 1. The van der Waals surface area contributed by atoms with Crippen LogP contribution < -0.4 is 10.1 Å². The van der Waals surface area contributed by atoms with E-state index in [2.05, 4.69) is 16.3 Å². The Balaban J connectivity index is 1.40. The number of rotatable bonds is 6. The van der Waals surface area contributed by atoms with Crippen LogP contribution in [0, 0.1) is 17.8 Å². The standard InChI is InChI=1S/C22H32N2O2/c1-15(24(2)14-19-6-4-5-7-20(19)26-3)21(25)23-22-11-16-8-17(12-22)10-18(9-16)13-22/h4-7,15-18H,8-14H2,1-3H3,(H,23,25). The second kappa shape index (κ2) is 6.88. The highest BCUT2D eigenvalue weighted by Crippen LogP contribution is 2.55. The fourth-order valence-corrected chi connectivity index (χ4v) is 6.07. The van der Waals surface area contributed by atoms with Crippen LogP contribution in [0.25, 0.3) is 0 Å². The predicted octanol–water partition coefficient (Wildman–Crippen LogP) is 3.60. The van der Waals surface area contributed by atoms with Crippen LogP contribution >= 0.6 is 0 Å². The molecule has 0 saturated heterocycles. The van der Waals surface area contributed by atoms with Gasteiger partial charge in [0.15, 0.2) is 0 Å². The minimum absolute atomic E-state index is 0.0887. The monoisotopic (exact) mass is 356 g/mol. The molecule has 1 aromatic carbocycles. The van der Waals surface area contributed by atoms with Crippen LogP contribution in [0.4, 0.5) is 0 Å². The van der Waals surface area contributed by atoms with E-state index in [-0.39, 0.29) is 17.5 Å². The molecule has 4 saturated carbocycles. The van der Waals surface area contributed by atoms with Crippen molar-refractivity contribution in [1.82, 2.24) is 10.2 Å². The molecule has 1 N–H and O–H groups in total. The molecule has 5 rings (SSSR count). The van der Waals surface area contributed by atoms with E-state index < -0.39 is 0 Å². The lowest BCUT2D eigenvalue weighted by Crippen LogP contribution is -2.62. The van der Waals surface area contributed by atoms with Gasteiger partial charge in [-0.3, -0.25) is 9.69 Å². The highest BCUT2D eigenvalue weighted by atomic mass is 16.5. The summed E-state index contributed by atoms with van der Waals surface area (Å²) in [7, 11) is 3.72. The van der Waals surface area contributed by atoms with Gasteiger partial charge in [0, 0.05) is 17.6 Å². The fourth-order valence-electron chi connectivity index (χ4n) is 6.07. The quantitative estimate of drug-likeness (QED) is 0.847. The molecule has 4 bridgehead atoms. The lowest BCUT2D eigenvalue weighted by molar-refractivity contribution is -0.131. The Morgan fingerprint density at radius 3 is 2.35 bits per heavy atom. The van der Waals surface area contributed by atoms with Crippen molar-refractivity contribution in [1.29, 1.82) is 0 Å². The lowest BCUT2D eigenvalue weighted by atomic mass is 9.53. The minimum Gasteiger partial charge on any atom is -0.496 e. The number of hydrogen-bond acceptors (Lipinski definition) is 3. The van der Waals surface area contributed by atoms with Gasteiger partial charge in [0.2, 0.25) is 5.91 Å². The molecule has 0 heterocycles. The molecule has 1 atom stereocenters. The highest BCUT2D eigenvalue weighted by molar-refractivity contribution is 5.82. The Kier molecular flexibility index (Phi) is 4.72. The van der Waals surface area contributed by atoms with E-state index in [4.69, 9.17) is 4.74 Å². The summed E-state index contributed by atoms with van der Waals surface area (Å²) in [4.78, 5) is 15.1. The Morgan fingerprint density at radius 1 is 1.19 bits per heavy atom. The van der Waals surface area contributed by atoms with Gasteiger partial charge in [0.25, 0.3) is 0 Å². The number of hydrogen-bond donors (Lipinski definition) is 1. The van der Waals surface area contributed by atoms with E-state index >= 15 is 0 Å². The molecule has 4 fully saturated rings. The Morgan fingerprint density at radius 2 is 1.77 bits per heavy atom. The van der Waals surface area contributed by atoms with Crippen LogP contribution in [-0.2, 0) is 11.3 Å². The molecule has 4 nitrogen and oxygen atoms in total. The lowest BCUT2D eigenvalue weighted by Gasteiger charge is -2.57. The molecular weight excluding hydrogens is 324 g/mol. The van der Waals surface area contributed by atoms with Gasteiger partial charge < -0.3 is 10.1 Å². The van der Waals surface area contributed by atoms with Gasteiger partial charge in [-0.05, 0) is 76.3 Å². The van der Waals surface area contributed by atoms with Crippen LogP contribution in [0.2, 0.25) is 0 Å². The van der Waals surface area contributed by atoms with Gasteiger partial charge in [-0.15, -0.1) is 0 Å². The molecule has 0 spiro atoms. The van der Waals surface area contributed by atoms with Crippen molar-refractivity contribution in [2.45, 2.75) is 63.6 Å². The first-order chi connectivity index (χ1) is 12.5. The number of ether oxygens (including phenoxy) is 1. The van der Waals surface area contributed by atoms with Crippen molar-refractivity contribution in [3.05, 3.63) is 29.8 Å². The van der Waals surface area contributed by atoms with E-state index in [0.717, 1.165) is 29.1 Å². The van der Waals surface area contributed by atoms with Crippen molar-refractivity contribution in [3.8, 4) is 5.75 Å². The van der Waals surface area contributed by atoms with E-state index in [0.29, 0.717) is 6.54 Å². The summed E-state index contributed by atoms with van der Waals surface area (Å²) in [6.07, 6.45) is 7.81. The third-order valence-electron chi connectivity index (χ3n) is 7.08. The SMILES string of the molecule is COc1ccccc1CN(C)C(C)C(=O)NC12CC3CC(CC(C3)C1)C2. The van der Waals surface area contributed by atoms with E-state index in [9.17, 15) is 4.79 Å². The Bertz CT molecular complexity index is 637. The minimum atomic E-state index is -0.145. The number of para-hydroxylation sites is 1. The first-order valence-corrected chi connectivity index (χ1v) is 10.1. The van der Waals surface area contributed by atoms with Crippen LogP contribution in [0.15, 0.2) is 24.3 Å². The zero-order valence-corrected chi connectivity index (χ0v) is 16.3. The maximum Gasteiger partial charge on any atom is 0.237 e. The third-order valence-corrected chi connectivity index (χ3v) is 7.08. The molecule has 4 heteroatoms. The Hall–Kier alpha value is -1.55. The topological polar surface area (TPSA) is 41.6 Å². The first-order valence-electron chi connectivity index (χ1n) is 10.1. The molecular formula is C22H32N2O2. The largest absolute Gasteiger partial charge is 0.496 e. The van der Waals surface area contributed by atoms with Crippen molar-refractivity contribution in [2.75, 3.05) is 14.2 Å². The van der Waals surface area contributed by atoms with Crippen LogP contribution in [0.5, 0.6) is 5.75 Å². The average Bonchev–Trinajstić information content (AvgIpc) is 2.59. The number of carbonyl (C=O) groups excluding carboxylic acids is 1. The summed E-state index contributed by atoms with van der Waals surface area (Å²) in [6.45, 7) is 2.73. The molecule has 0 aliphatic heterocycles. The molecule has 1 unspecified atom stereocenters. The Labute approximate surface area is 157 Å². The summed E-state index contributed by atoms with van der Waals surface area (Å²) in [5.74, 6) is 3.62. The fraction of sp³-hybridized carbons (Fsp3) is 0.682. The number of carbonyl (C=O) groups is 1. The summed E-state index contributed by atoms with van der Waals surface area (Å²) in [5.41, 5.74) is 1.21. The maximum absolute atomic E-state index is 13.0. The van der Waals surface area contributed by atoms with Gasteiger partial charge in [0.1, 0.15) is 5.75 Å². The number of likely N-dealkylation sites (N-methyl/N-ethyl adjacent to an activating group) is 1. The number of nitrogens with one attached hydrogen (secondary N) is 1. The van der Waals surface area contributed by atoms with Gasteiger partial charge in [-0.2, -0.15) is 0 Å². The predicted molar refractivity (Wildman–Crippen MR) is 103 cm³/mol. The molecule has 1 aromatic rings. The van der Waals surface area contributed by atoms with Crippen LogP contribution in [0.1, 0.15) is 51.0 Å².